The molecule has 0 spiro atoms. The van der Waals surface area contributed by atoms with E-state index >= 15 is 0 Å². The first-order valence-corrected chi connectivity index (χ1v) is 6.77. The molecule has 0 radical (unpaired) electrons. The highest BCUT2D eigenvalue weighted by Gasteiger charge is 2.18. The van der Waals surface area contributed by atoms with Crippen LogP contribution in [-0.2, 0) is 22.5 Å². The second kappa shape index (κ2) is 7.89. The summed E-state index contributed by atoms with van der Waals surface area (Å²) in [5.41, 5.74) is 0. The summed E-state index contributed by atoms with van der Waals surface area (Å²) < 4.78 is 10.1. The monoisotopic (exact) mass is 269 g/mol. The number of nitrogens with zero attached hydrogens (tertiary/aromatic N) is 3. The van der Waals surface area contributed by atoms with E-state index in [1.807, 2.05) is 18.7 Å². The Morgan fingerprint density at radius 2 is 2.16 bits per heavy atom. The Morgan fingerprint density at radius 1 is 1.42 bits per heavy atom. The maximum atomic E-state index is 11.5. The molecule has 0 aliphatic heterocycles. The highest BCUT2D eigenvalue weighted by molar-refractivity contribution is 5.71. The van der Waals surface area contributed by atoms with E-state index in [0.29, 0.717) is 19.0 Å². The maximum absolute atomic E-state index is 11.5. The summed E-state index contributed by atoms with van der Waals surface area (Å²) in [6, 6.07) is 0.200. The van der Waals surface area contributed by atoms with Gasteiger partial charge in [-0.2, -0.15) is 4.98 Å². The van der Waals surface area contributed by atoms with Gasteiger partial charge in [0.2, 0.25) is 5.89 Å². The van der Waals surface area contributed by atoms with Gasteiger partial charge in [-0.1, -0.05) is 12.1 Å². The molecular formula is C13H23N3O3. The van der Waals surface area contributed by atoms with Crippen molar-refractivity contribution >= 4 is 5.97 Å². The highest BCUT2D eigenvalue weighted by Crippen LogP contribution is 2.08. The predicted octanol–water partition coefficient (Wildman–Crippen LogP) is 1.80. The summed E-state index contributed by atoms with van der Waals surface area (Å²) in [6.45, 7) is 8.99. The molecule has 0 N–H and O–H groups in total. The summed E-state index contributed by atoms with van der Waals surface area (Å²) >= 11 is 0. The summed E-state index contributed by atoms with van der Waals surface area (Å²) in [5.74, 6) is 1.03. The third-order valence-electron chi connectivity index (χ3n) is 2.69. The smallest absolute Gasteiger partial charge is 0.320 e. The Balaban J connectivity index is 2.59. The Morgan fingerprint density at radius 3 is 2.74 bits per heavy atom. The molecule has 6 nitrogen and oxygen atoms in total. The molecule has 1 rings (SSSR count). The average Bonchev–Trinajstić information content (AvgIpc) is 2.76. The molecule has 0 atom stereocenters. The van der Waals surface area contributed by atoms with Gasteiger partial charge in [-0.25, -0.2) is 0 Å². The zero-order valence-electron chi connectivity index (χ0n) is 12.2. The van der Waals surface area contributed by atoms with Crippen LogP contribution in [0, 0.1) is 0 Å². The van der Waals surface area contributed by atoms with E-state index in [1.54, 1.807) is 6.92 Å². The first-order chi connectivity index (χ1) is 9.06. The summed E-state index contributed by atoms with van der Waals surface area (Å²) in [5, 5.41) is 3.90. The van der Waals surface area contributed by atoms with Gasteiger partial charge in [-0.15, -0.1) is 0 Å². The lowest BCUT2D eigenvalue weighted by Gasteiger charge is -2.23. The van der Waals surface area contributed by atoms with Gasteiger partial charge in [-0.05, 0) is 27.2 Å². The molecule has 0 bridgehead atoms. The molecule has 0 unspecified atom stereocenters. The van der Waals surface area contributed by atoms with Crippen molar-refractivity contribution in [3.63, 3.8) is 0 Å². The van der Waals surface area contributed by atoms with Gasteiger partial charge >= 0.3 is 5.97 Å². The zero-order valence-corrected chi connectivity index (χ0v) is 12.2. The Bertz CT molecular complexity index is 390. The van der Waals surface area contributed by atoms with Crippen molar-refractivity contribution in [1.29, 1.82) is 0 Å². The largest absolute Gasteiger partial charge is 0.465 e. The van der Waals surface area contributed by atoms with Gasteiger partial charge in [0.15, 0.2) is 5.82 Å². The summed E-state index contributed by atoms with van der Waals surface area (Å²) in [7, 11) is 0. The lowest BCUT2D eigenvalue weighted by Crippen LogP contribution is -2.36. The molecule has 0 saturated heterocycles. The van der Waals surface area contributed by atoms with Crippen LogP contribution < -0.4 is 0 Å². The number of carbonyl (C=O) groups is 1. The van der Waals surface area contributed by atoms with E-state index in [1.165, 1.54) is 0 Å². The zero-order chi connectivity index (χ0) is 14.3. The molecule has 0 aromatic carbocycles. The first kappa shape index (κ1) is 15.6. The van der Waals surface area contributed by atoms with E-state index in [4.69, 9.17) is 9.26 Å². The van der Waals surface area contributed by atoms with Crippen molar-refractivity contribution in [2.24, 2.45) is 0 Å². The second-order valence-corrected chi connectivity index (χ2v) is 4.66. The molecule has 6 heteroatoms. The van der Waals surface area contributed by atoms with E-state index in [0.717, 1.165) is 18.7 Å². The van der Waals surface area contributed by atoms with Crippen molar-refractivity contribution in [3.05, 3.63) is 11.7 Å². The molecular weight excluding hydrogens is 246 g/mol. The van der Waals surface area contributed by atoms with Gasteiger partial charge in [0.1, 0.15) is 0 Å². The number of ether oxygens (including phenoxy) is 1. The number of esters is 1. The summed E-state index contributed by atoms with van der Waals surface area (Å²) in [6.07, 6.45) is 1.79. The lowest BCUT2D eigenvalue weighted by atomic mass is 10.3. The molecule has 1 heterocycles. The van der Waals surface area contributed by atoms with Crippen LogP contribution in [0.2, 0.25) is 0 Å². The number of hydrogen-bond donors (Lipinski definition) is 0. The third kappa shape index (κ3) is 5.38. The molecule has 0 aliphatic carbocycles. The topological polar surface area (TPSA) is 68.5 Å². The number of hydrogen-bond acceptors (Lipinski definition) is 6. The molecule has 0 saturated carbocycles. The Hall–Kier alpha value is -1.43. The van der Waals surface area contributed by atoms with E-state index in [-0.39, 0.29) is 18.6 Å². The first-order valence-electron chi connectivity index (χ1n) is 6.77. The standard InChI is InChI=1S/C13H23N3O3/c1-5-7-11-14-12(19-15-11)8-16(10(3)4)9-13(17)18-6-2/h10H,5-9H2,1-4H3. The number of aryl methyl sites for hydroxylation is 1. The van der Waals surface area contributed by atoms with Gasteiger partial charge in [0, 0.05) is 12.5 Å². The minimum Gasteiger partial charge on any atom is -0.465 e. The minimum absolute atomic E-state index is 0.200. The fourth-order valence-electron chi connectivity index (χ4n) is 1.65. The fraction of sp³-hybridized carbons (Fsp3) is 0.769. The van der Waals surface area contributed by atoms with Crippen molar-refractivity contribution in [2.45, 2.75) is 53.1 Å². The number of rotatable bonds is 8. The van der Waals surface area contributed by atoms with E-state index < -0.39 is 0 Å². The van der Waals surface area contributed by atoms with Gasteiger partial charge < -0.3 is 9.26 Å². The quantitative estimate of drug-likeness (QED) is 0.670. The van der Waals surface area contributed by atoms with E-state index in [9.17, 15) is 4.79 Å². The van der Waals surface area contributed by atoms with Gasteiger partial charge in [0.25, 0.3) is 0 Å². The van der Waals surface area contributed by atoms with Crippen LogP contribution in [-0.4, -0.2) is 40.2 Å². The summed E-state index contributed by atoms with van der Waals surface area (Å²) in [4.78, 5) is 17.8. The van der Waals surface area contributed by atoms with Crippen LogP contribution in [0.15, 0.2) is 4.52 Å². The molecule has 0 amide bonds. The minimum atomic E-state index is -0.232. The second-order valence-electron chi connectivity index (χ2n) is 4.66. The van der Waals surface area contributed by atoms with Gasteiger partial charge in [-0.3, -0.25) is 9.69 Å². The maximum Gasteiger partial charge on any atom is 0.320 e. The highest BCUT2D eigenvalue weighted by atomic mass is 16.5. The number of carbonyl (C=O) groups excluding carboxylic acids is 1. The molecule has 1 aromatic rings. The van der Waals surface area contributed by atoms with Crippen LogP contribution in [0.3, 0.4) is 0 Å². The lowest BCUT2D eigenvalue weighted by molar-refractivity contribution is -0.145. The van der Waals surface area contributed by atoms with E-state index in [2.05, 4.69) is 17.1 Å². The molecule has 0 fully saturated rings. The van der Waals surface area contributed by atoms with Crippen molar-refractivity contribution in [3.8, 4) is 0 Å². The van der Waals surface area contributed by atoms with Crippen molar-refractivity contribution in [1.82, 2.24) is 15.0 Å². The van der Waals surface area contributed by atoms with Gasteiger partial charge in [0.05, 0.1) is 19.7 Å². The van der Waals surface area contributed by atoms with Crippen LogP contribution in [0.5, 0.6) is 0 Å². The van der Waals surface area contributed by atoms with Crippen LogP contribution in [0.4, 0.5) is 0 Å². The average molecular weight is 269 g/mol. The molecule has 108 valence electrons. The Kier molecular flexibility index (Phi) is 6.49. The number of aromatic nitrogens is 2. The van der Waals surface area contributed by atoms with Crippen molar-refractivity contribution in [2.75, 3.05) is 13.2 Å². The molecule has 0 aliphatic rings. The predicted molar refractivity (Wildman–Crippen MR) is 70.5 cm³/mol. The van der Waals surface area contributed by atoms with Crippen LogP contribution in [0.1, 0.15) is 45.8 Å². The molecule has 19 heavy (non-hydrogen) atoms. The normalized spacial score (nSPS) is 11.3. The fourth-order valence-corrected chi connectivity index (χ4v) is 1.65. The molecule has 1 aromatic heterocycles. The van der Waals surface area contributed by atoms with Crippen molar-refractivity contribution < 1.29 is 14.1 Å². The third-order valence-corrected chi connectivity index (χ3v) is 2.69. The van der Waals surface area contributed by atoms with Crippen LogP contribution >= 0.6 is 0 Å². The Labute approximate surface area is 114 Å². The van der Waals surface area contributed by atoms with Crippen LogP contribution in [0.25, 0.3) is 0 Å². The SMILES string of the molecule is CCCc1noc(CN(CC(=O)OCC)C(C)C)n1.